The van der Waals surface area contributed by atoms with Gasteiger partial charge in [0.1, 0.15) is 0 Å². The first-order valence-corrected chi connectivity index (χ1v) is 26.2. The number of allylic oxidation sites excluding steroid dienone is 2. The first-order chi connectivity index (χ1) is 29.6. The summed E-state index contributed by atoms with van der Waals surface area (Å²) in [5, 5.41) is 0. The van der Waals surface area contributed by atoms with Crippen molar-refractivity contribution < 1.29 is 20.4 Å². The van der Waals surface area contributed by atoms with Crippen LogP contribution in [0.15, 0.2) is 64.6 Å². The Morgan fingerprint density at radius 1 is 0.475 bits per heavy atom. The van der Waals surface area contributed by atoms with Crippen LogP contribution in [-0.4, -0.2) is 11.4 Å². The van der Waals surface area contributed by atoms with Gasteiger partial charge in [0.05, 0.1) is 22.8 Å². The number of hydrogen-bond acceptors (Lipinski definition) is 2. The maximum absolute atomic E-state index is 5.44. The molecule has 0 radical (unpaired) electrons. The van der Waals surface area contributed by atoms with Gasteiger partial charge in [0, 0.05) is 32.4 Å². The molecule has 0 saturated carbocycles. The summed E-state index contributed by atoms with van der Waals surface area (Å²) in [7, 11) is 0. The van der Waals surface area contributed by atoms with Crippen LogP contribution >= 0.6 is 0 Å². The first kappa shape index (κ1) is 56.8. The first-order valence-electron chi connectivity index (χ1n) is 26.2. The van der Waals surface area contributed by atoms with Crippen molar-refractivity contribution in [1.82, 2.24) is 0 Å². The summed E-state index contributed by atoms with van der Waals surface area (Å²) >= 11 is 0. The van der Waals surface area contributed by atoms with Gasteiger partial charge < -0.3 is 0 Å². The molecule has 61 heavy (non-hydrogen) atoms. The maximum atomic E-state index is 5.44. The molecular formula is C58H94N2Pd. The molecule has 0 aromatic heterocycles. The third kappa shape index (κ3) is 30.5. The van der Waals surface area contributed by atoms with Crippen LogP contribution in [0.3, 0.4) is 0 Å². The number of hydrogen-bond donors (Lipinski definition) is 0. The third-order valence-corrected chi connectivity index (χ3v) is 12.1. The van der Waals surface area contributed by atoms with Crippen molar-refractivity contribution in [2.24, 2.45) is 9.98 Å². The van der Waals surface area contributed by atoms with E-state index < -0.39 is 0 Å². The van der Waals surface area contributed by atoms with E-state index in [1.54, 1.807) is 0 Å². The fourth-order valence-corrected chi connectivity index (χ4v) is 8.18. The van der Waals surface area contributed by atoms with Crippen LogP contribution < -0.4 is 0 Å². The van der Waals surface area contributed by atoms with Crippen LogP contribution in [0.5, 0.6) is 0 Å². The molecule has 2 aromatic rings. The van der Waals surface area contributed by atoms with Gasteiger partial charge in [0.2, 0.25) is 0 Å². The average Bonchev–Trinajstić information content (AvgIpc) is 3.26. The Hall–Kier alpha value is -2.26. The predicted octanol–water partition coefficient (Wildman–Crippen LogP) is 19.5. The largest absolute Gasteiger partial charge is 0.251 e. The van der Waals surface area contributed by atoms with Gasteiger partial charge in [-0.25, -0.2) is 4.99 Å². The molecule has 2 nitrogen and oxygen atoms in total. The van der Waals surface area contributed by atoms with E-state index in [1.165, 1.54) is 197 Å². The SMILES string of the molecule is CCCCCCCCCCCCCC#Cc1cccc(N=C(CCCC)C(C=CCCCCCCCCCCCCC)=Nc2ccc(CCCCC)c(CCCCC)c2)c1.[Pd]. The molecule has 3 heteroatoms. The predicted molar refractivity (Wildman–Crippen MR) is 271 cm³/mol. The Labute approximate surface area is 393 Å². The van der Waals surface area contributed by atoms with E-state index in [1.807, 2.05) is 0 Å². The van der Waals surface area contributed by atoms with Gasteiger partial charge in [0.25, 0.3) is 0 Å². The summed E-state index contributed by atoms with van der Waals surface area (Å²) in [4.78, 5) is 10.8. The molecule has 0 aliphatic rings. The van der Waals surface area contributed by atoms with Crippen LogP contribution in [0.1, 0.15) is 263 Å². The van der Waals surface area contributed by atoms with Crippen molar-refractivity contribution in [3.8, 4) is 11.8 Å². The minimum atomic E-state index is 0. The molecule has 0 aliphatic carbocycles. The van der Waals surface area contributed by atoms with E-state index in [2.05, 4.69) is 101 Å². The Morgan fingerprint density at radius 2 is 0.967 bits per heavy atom. The number of rotatable bonds is 38. The molecule has 0 heterocycles. The van der Waals surface area contributed by atoms with Crippen LogP contribution in [-0.2, 0) is 33.3 Å². The fourth-order valence-electron chi connectivity index (χ4n) is 8.18. The van der Waals surface area contributed by atoms with Crippen LogP contribution in [0.25, 0.3) is 0 Å². The second-order valence-electron chi connectivity index (χ2n) is 17.9. The molecule has 2 rings (SSSR count). The van der Waals surface area contributed by atoms with E-state index in [4.69, 9.17) is 9.98 Å². The molecule has 2 aromatic carbocycles. The van der Waals surface area contributed by atoms with E-state index in [0.29, 0.717) is 0 Å². The molecule has 0 unspecified atom stereocenters. The van der Waals surface area contributed by atoms with Gasteiger partial charge in [-0.3, -0.25) is 4.99 Å². The molecule has 346 valence electrons. The summed E-state index contributed by atoms with van der Waals surface area (Å²) in [5.41, 5.74) is 8.26. The minimum Gasteiger partial charge on any atom is -0.251 e. The Kier molecular flexibility index (Phi) is 38.8. The van der Waals surface area contributed by atoms with Crippen molar-refractivity contribution in [2.75, 3.05) is 0 Å². The van der Waals surface area contributed by atoms with Gasteiger partial charge in [-0.1, -0.05) is 225 Å². The van der Waals surface area contributed by atoms with E-state index in [9.17, 15) is 0 Å². The number of aryl methyl sites for hydroxylation is 2. The smallest absolute Gasteiger partial charge is 0.0848 e. The van der Waals surface area contributed by atoms with Gasteiger partial charge in [0.15, 0.2) is 0 Å². The van der Waals surface area contributed by atoms with Crippen LogP contribution in [0.2, 0.25) is 0 Å². The Balaban J connectivity index is 0.0000186. The van der Waals surface area contributed by atoms with Crippen molar-refractivity contribution in [3.05, 3.63) is 71.3 Å². The van der Waals surface area contributed by atoms with E-state index in [-0.39, 0.29) is 20.4 Å². The van der Waals surface area contributed by atoms with Gasteiger partial charge in [-0.2, -0.15) is 0 Å². The minimum absolute atomic E-state index is 0. The molecule has 0 aliphatic heterocycles. The average molecular weight is 926 g/mol. The standard InChI is InChI=1S/C58H94N2.Pd/c1-6-11-16-18-20-22-24-26-28-30-32-34-38-41-52-42-40-45-55(50-52)59-57(46-15-10-5)58(47-39-35-33-31-29-27-25-23-21-19-17-12-7-2)60-56-49-48-53(43-36-13-8-3)54(51-56)44-37-14-9-4;/h39-40,42,45,47-51H,6-37,43-44,46H2,1-5H3;. The zero-order valence-corrected chi connectivity index (χ0v) is 42.2. The second-order valence-corrected chi connectivity index (χ2v) is 17.9. The summed E-state index contributed by atoms with van der Waals surface area (Å²) in [6.07, 6.45) is 50.0. The quantitative estimate of drug-likeness (QED) is 0.0277. The molecule has 0 atom stereocenters. The summed E-state index contributed by atoms with van der Waals surface area (Å²) in [6, 6.07) is 15.6. The molecule has 0 fully saturated rings. The molecule has 0 spiro atoms. The normalized spacial score (nSPS) is 11.9. The number of aliphatic imine (C=N–C) groups is 2. The second kappa shape index (κ2) is 41.7. The Morgan fingerprint density at radius 3 is 1.54 bits per heavy atom. The summed E-state index contributed by atoms with van der Waals surface area (Å²) in [5.74, 6) is 6.95. The van der Waals surface area contributed by atoms with Gasteiger partial charge in [-0.05, 0) is 105 Å². The fraction of sp³-hybridized carbons (Fsp3) is 0.690. The number of nitrogens with zero attached hydrogens (tertiary/aromatic N) is 2. The van der Waals surface area contributed by atoms with Crippen LogP contribution in [0, 0.1) is 11.8 Å². The molecule has 0 N–H and O–H groups in total. The van der Waals surface area contributed by atoms with Crippen molar-refractivity contribution >= 4 is 22.8 Å². The molecular weight excluding hydrogens is 831 g/mol. The number of unbranched alkanes of at least 4 members (excludes halogenated alkanes) is 27. The maximum Gasteiger partial charge on any atom is 0.0848 e. The van der Waals surface area contributed by atoms with Gasteiger partial charge >= 0.3 is 0 Å². The van der Waals surface area contributed by atoms with Crippen molar-refractivity contribution in [2.45, 2.75) is 259 Å². The van der Waals surface area contributed by atoms with E-state index >= 15 is 0 Å². The van der Waals surface area contributed by atoms with E-state index in [0.717, 1.165) is 66.9 Å². The topological polar surface area (TPSA) is 24.7 Å². The zero-order valence-electron chi connectivity index (χ0n) is 40.7. The summed E-state index contributed by atoms with van der Waals surface area (Å²) in [6.45, 7) is 11.5. The molecule has 0 amide bonds. The van der Waals surface area contributed by atoms with Crippen molar-refractivity contribution in [3.63, 3.8) is 0 Å². The molecule has 0 bridgehead atoms. The van der Waals surface area contributed by atoms with Crippen molar-refractivity contribution in [1.29, 1.82) is 0 Å². The third-order valence-electron chi connectivity index (χ3n) is 12.1. The zero-order chi connectivity index (χ0) is 43.0. The number of benzene rings is 2. The molecule has 0 saturated heterocycles. The summed E-state index contributed by atoms with van der Waals surface area (Å²) < 4.78 is 0. The monoisotopic (exact) mass is 925 g/mol. The van der Waals surface area contributed by atoms with Crippen LogP contribution in [0.4, 0.5) is 11.4 Å². The van der Waals surface area contributed by atoms with Gasteiger partial charge in [-0.15, -0.1) is 0 Å². The Bertz CT molecular complexity index is 1470.